The summed E-state index contributed by atoms with van der Waals surface area (Å²) in [6.45, 7) is -0.697. The summed E-state index contributed by atoms with van der Waals surface area (Å²) >= 11 is 33.5. The van der Waals surface area contributed by atoms with Crippen molar-refractivity contribution in [1.29, 1.82) is 0 Å². The number of ether oxygens (including phenoxy) is 5. The maximum absolute atomic E-state index is 13.2. The molecule has 2 aliphatic heterocycles. The SMILES string of the molecule is O=C(OCC(Cl)(Cl)Cl)N1CCC(C(=O)O)(C(=O)OCc2ccccc2)CC1.O=C(OCC(Cl)(Cl)Cl)N1CCC(C(=O)OCc2ccccc2)(C(=O)OCc2ccccc2)CC1. The average molecular weight is 968 g/mol. The molecule has 0 radical (unpaired) electrons. The number of carboxylic acid groups (broad SMARTS) is 1. The Morgan fingerprint density at radius 1 is 0.475 bits per heavy atom. The number of hydrogen-bond donors (Lipinski definition) is 1. The van der Waals surface area contributed by atoms with Crippen molar-refractivity contribution in [3.8, 4) is 0 Å². The van der Waals surface area contributed by atoms with Crippen molar-refractivity contribution >= 4 is 106 Å². The van der Waals surface area contributed by atoms with Gasteiger partial charge in [0, 0.05) is 26.2 Å². The summed E-state index contributed by atoms with van der Waals surface area (Å²) in [5.41, 5.74) is -0.928. The normalized spacial score (nSPS) is 15.8. The summed E-state index contributed by atoms with van der Waals surface area (Å²) in [7, 11) is 0. The second-order valence-corrected chi connectivity index (χ2v) is 19.0. The van der Waals surface area contributed by atoms with Crippen LogP contribution in [0, 0.1) is 10.8 Å². The first-order chi connectivity index (χ1) is 28.8. The molecule has 61 heavy (non-hydrogen) atoms. The van der Waals surface area contributed by atoms with Gasteiger partial charge in [0.2, 0.25) is 7.59 Å². The van der Waals surface area contributed by atoms with E-state index in [9.17, 15) is 33.9 Å². The molecule has 2 saturated heterocycles. The van der Waals surface area contributed by atoms with Crippen LogP contribution in [0.2, 0.25) is 0 Å². The second-order valence-electron chi connectivity index (χ2n) is 14.0. The third kappa shape index (κ3) is 15.3. The Hall–Kier alpha value is -4.18. The van der Waals surface area contributed by atoms with Crippen molar-refractivity contribution in [2.24, 2.45) is 10.8 Å². The van der Waals surface area contributed by atoms with Gasteiger partial charge in [-0.25, -0.2) is 9.59 Å². The lowest BCUT2D eigenvalue weighted by Crippen LogP contribution is -2.52. The van der Waals surface area contributed by atoms with Crippen molar-refractivity contribution in [3.63, 3.8) is 0 Å². The molecule has 0 spiro atoms. The van der Waals surface area contributed by atoms with Crippen molar-refractivity contribution in [2.75, 3.05) is 39.4 Å². The number of benzene rings is 3. The molecule has 0 aromatic heterocycles. The smallest absolute Gasteiger partial charge is 0.409 e. The Morgan fingerprint density at radius 2 is 0.754 bits per heavy atom. The van der Waals surface area contributed by atoms with Gasteiger partial charge in [0.05, 0.1) is 0 Å². The van der Waals surface area contributed by atoms with Crippen LogP contribution in [-0.2, 0) is 62.7 Å². The number of esters is 3. The van der Waals surface area contributed by atoms with Crippen LogP contribution < -0.4 is 0 Å². The fraction of sp³-hybridized carbons (Fsp3) is 0.415. The van der Waals surface area contributed by atoms with E-state index in [2.05, 4.69) is 0 Å². The molecule has 3 aromatic carbocycles. The van der Waals surface area contributed by atoms with Gasteiger partial charge < -0.3 is 38.6 Å². The number of nitrogens with zero attached hydrogens (tertiary/aromatic N) is 2. The molecule has 330 valence electrons. The monoisotopic (exact) mass is 964 g/mol. The zero-order valence-electron chi connectivity index (χ0n) is 32.5. The number of amides is 2. The highest BCUT2D eigenvalue weighted by atomic mass is 35.6. The van der Waals surface area contributed by atoms with Crippen molar-refractivity contribution in [1.82, 2.24) is 9.80 Å². The van der Waals surface area contributed by atoms with Crippen molar-refractivity contribution < 1.29 is 57.6 Å². The molecule has 2 heterocycles. The van der Waals surface area contributed by atoms with Crippen LogP contribution in [0.4, 0.5) is 9.59 Å². The van der Waals surface area contributed by atoms with Crippen LogP contribution in [0.5, 0.6) is 0 Å². The number of carbonyl (C=O) groups is 6. The van der Waals surface area contributed by atoms with Crippen LogP contribution in [0.1, 0.15) is 42.4 Å². The number of carboxylic acids is 1. The Labute approximate surface area is 382 Å². The molecular weight excluding hydrogens is 925 g/mol. The van der Waals surface area contributed by atoms with Gasteiger partial charge in [0.25, 0.3) is 0 Å². The van der Waals surface area contributed by atoms with E-state index in [1.54, 1.807) is 24.3 Å². The van der Waals surface area contributed by atoms with Crippen LogP contribution in [0.25, 0.3) is 0 Å². The molecule has 1 N–H and O–H groups in total. The van der Waals surface area contributed by atoms with Gasteiger partial charge in [-0.2, -0.15) is 0 Å². The summed E-state index contributed by atoms with van der Waals surface area (Å²) < 4.78 is 22.6. The Balaban J connectivity index is 0.000000276. The summed E-state index contributed by atoms with van der Waals surface area (Å²) in [6, 6.07) is 27.2. The highest BCUT2D eigenvalue weighted by Gasteiger charge is 2.52. The van der Waals surface area contributed by atoms with Gasteiger partial charge in [-0.1, -0.05) is 161 Å². The predicted octanol–water partition coefficient (Wildman–Crippen LogP) is 8.47. The number of hydrogen-bond acceptors (Lipinski definition) is 11. The third-order valence-corrected chi connectivity index (χ3v) is 10.3. The van der Waals surface area contributed by atoms with E-state index in [-0.39, 0.29) is 71.7 Å². The first kappa shape index (κ1) is 49.5. The Kier molecular flexibility index (Phi) is 18.5. The van der Waals surface area contributed by atoms with Gasteiger partial charge in [-0.3, -0.25) is 19.2 Å². The van der Waals surface area contributed by atoms with Crippen LogP contribution in [0.3, 0.4) is 0 Å². The predicted molar refractivity (Wildman–Crippen MR) is 226 cm³/mol. The summed E-state index contributed by atoms with van der Waals surface area (Å²) in [4.78, 5) is 77.5. The lowest BCUT2D eigenvalue weighted by molar-refractivity contribution is -0.178. The topological polar surface area (TPSA) is 175 Å². The lowest BCUT2D eigenvalue weighted by atomic mass is 9.78. The fourth-order valence-electron chi connectivity index (χ4n) is 6.19. The first-order valence-corrected chi connectivity index (χ1v) is 20.9. The van der Waals surface area contributed by atoms with E-state index < -0.39 is 67.7 Å². The largest absolute Gasteiger partial charge is 0.480 e. The molecule has 14 nitrogen and oxygen atoms in total. The minimum Gasteiger partial charge on any atom is -0.480 e. The second kappa shape index (κ2) is 22.8. The number of rotatable bonds is 12. The quantitative estimate of drug-likeness (QED) is 0.0795. The number of aliphatic carboxylic acids is 1. The molecule has 0 atom stereocenters. The summed E-state index contributed by atoms with van der Waals surface area (Å²) in [5, 5.41) is 9.60. The molecule has 0 unspecified atom stereocenters. The van der Waals surface area contributed by atoms with Crippen LogP contribution in [-0.4, -0.2) is 97.9 Å². The van der Waals surface area contributed by atoms with E-state index >= 15 is 0 Å². The third-order valence-electron chi connectivity index (χ3n) is 9.69. The maximum Gasteiger partial charge on any atom is 0.409 e. The fourth-order valence-corrected chi connectivity index (χ4v) is 6.52. The highest BCUT2D eigenvalue weighted by Crippen LogP contribution is 2.37. The molecular formula is C41H42Cl6N2O12. The van der Waals surface area contributed by atoms with Gasteiger partial charge >= 0.3 is 36.1 Å². The number of piperidine rings is 2. The van der Waals surface area contributed by atoms with E-state index in [0.29, 0.717) is 0 Å². The van der Waals surface area contributed by atoms with E-state index in [1.807, 2.05) is 66.7 Å². The molecule has 2 aliphatic rings. The van der Waals surface area contributed by atoms with Gasteiger partial charge in [-0.15, -0.1) is 0 Å². The molecule has 0 saturated carbocycles. The minimum absolute atomic E-state index is 0.00538. The van der Waals surface area contributed by atoms with Crippen LogP contribution >= 0.6 is 69.6 Å². The molecule has 5 rings (SSSR count). The molecule has 3 aromatic rings. The van der Waals surface area contributed by atoms with Gasteiger partial charge in [0.1, 0.15) is 33.0 Å². The van der Waals surface area contributed by atoms with Crippen LogP contribution in [0.15, 0.2) is 91.0 Å². The molecule has 0 bridgehead atoms. The Morgan fingerprint density at radius 3 is 1.03 bits per heavy atom. The highest BCUT2D eigenvalue weighted by molar-refractivity contribution is 6.68. The standard InChI is InChI=1S/C24H24Cl3NO6.C17H18Cl3NO6/c25-24(26,27)17-34-22(31)28-13-11-23(12-14-28,20(29)32-15-18-7-3-1-4-8-18)21(30)33-16-19-9-5-2-6-10-19;18-17(19,20)11-27-15(25)21-8-6-16(7-9-21,13(22)23)14(24)26-10-12-4-2-1-3-5-12/h1-10H,11-17H2;1-5H,6-11H2,(H,22,23). The van der Waals surface area contributed by atoms with E-state index in [1.165, 1.54) is 9.80 Å². The number of carbonyl (C=O) groups excluding carboxylic acids is 5. The number of halogens is 6. The lowest BCUT2D eigenvalue weighted by Gasteiger charge is -2.37. The Bertz CT molecular complexity index is 1880. The van der Waals surface area contributed by atoms with E-state index in [4.69, 9.17) is 93.3 Å². The molecule has 2 fully saturated rings. The average Bonchev–Trinajstić information content (AvgIpc) is 3.25. The van der Waals surface area contributed by atoms with E-state index in [0.717, 1.165) is 16.7 Å². The number of alkyl halides is 6. The molecule has 2 amide bonds. The van der Waals surface area contributed by atoms with Crippen molar-refractivity contribution in [3.05, 3.63) is 108 Å². The van der Waals surface area contributed by atoms with Gasteiger partial charge in [0.15, 0.2) is 10.8 Å². The number of likely N-dealkylation sites (tertiary alicyclic amines) is 2. The first-order valence-electron chi connectivity index (χ1n) is 18.7. The minimum atomic E-state index is -1.74. The van der Waals surface area contributed by atoms with Gasteiger partial charge in [-0.05, 0) is 42.4 Å². The molecule has 20 heteroatoms. The zero-order valence-corrected chi connectivity index (χ0v) is 37.0. The summed E-state index contributed by atoms with van der Waals surface area (Å²) in [5.74, 6) is -3.49. The summed E-state index contributed by atoms with van der Waals surface area (Å²) in [6.07, 6.45) is -1.61. The van der Waals surface area contributed by atoms with Crippen molar-refractivity contribution in [2.45, 2.75) is 53.1 Å². The zero-order chi connectivity index (χ0) is 44.7. The maximum atomic E-state index is 13.2. The molecule has 0 aliphatic carbocycles.